The van der Waals surface area contributed by atoms with Crippen molar-refractivity contribution in [3.05, 3.63) is 33.7 Å². The average Bonchev–Trinajstić information content (AvgIpc) is 3.37. The molecule has 4 atom stereocenters. The van der Waals surface area contributed by atoms with E-state index in [1.165, 1.54) is 49.0 Å². The van der Waals surface area contributed by atoms with Crippen LogP contribution in [0.4, 0.5) is 0 Å². The van der Waals surface area contributed by atoms with Gasteiger partial charge in [-0.1, -0.05) is 6.07 Å². The molecule has 12 nitrogen and oxygen atoms in total. The van der Waals surface area contributed by atoms with Crippen molar-refractivity contribution in [1.82, 2.24) is 15.5 Å². The predicted molar refractivity (Wildman–Crippen MR) is 132 cm³/mol. The van der Waals surface area contributed by atoms with Crippen molar-refractivity contribution in [3.63, 3.8) is 0 Å². The minimum atomic E-state index is -1.23. The number of ether oxygens (including phenoxy) is 3. The molecule has 2 aliphatic rings. The Kier molecular flexibility index (Phi) is 9.32. The molecule has 0 saturated carbocycles. The van der Waals surface area contributed by atoms with Crippen LogP contribution in [0.2, 0.25) is 0 Å². The summed E-state index contributed by atoms with van der Waals surface area (Å²) in [6, 6.07) is 2.40. The van der Waals surface area contributed by atoms with E-state index in [4.69, 9.17) is 9.47 Å². The number of amides is 3. The van der Waals surface area contributed by atoms with Crippen LogP contribution in [0.25, 0.3) is 0 Å². The number of carbonyl (C=O) groups excluding carboxylic acids is 6. The topological polar surface area (TPSA) is 157 Å². The number of esters is 3. The van der Waals surface area contributed by atoms with Crippen LogP contribution in [0, 0.1) is 0 Å². The Hall–Kier alpha value is -3.39. The van der Waals surface area contributed by atoms with Gasteiger partial charge in [-0.25, -0.2) is 4.79 Å². The molecule has 14 heteroatoms. The molecule has 2 aliphatic heterocycles. The first-order chi connectivity index (χ1) is 17.6. The van der Waals surface area contributed by atoms with Crippen molar-refractivity contribution < 1.29 is 43.0 Å². The molecular formula is C23H27N3O9S2. The van der Waals surface area contributed by atoms with Crippen molar-refractivity contribution in [2.45, 2.75) is 49.4 Å². The van der Waals surface area contributed by atoms with E-state index in [-0.39, 0.29) is 36.6 Å². The summed E-state index contributed by atoms with van der Waals surface area (Å²) in [6.45, 7) is 2.12. The second-order valence-corrected chi connectivity index (χ2v) is 10.3. The number of hydrogen-bond donors (Lipinski definition) is 2. The number of rotatable bonds is 10. The third-order valence-electron chi connectivity index (χ3n) is 5.67. The lowest BCUT2D eigenvalue weighted by molar-refractivity contribution is -0.147. The van der Waals surface area contributed by atoms with Gasteiger partial charge in [-0.3, -0.25) is 28.9 Å². The van der Waals surface area contributed by atoms with Crippen LogP contribution in [-0.2, 0) is 43.0 Å². The molecule has 0 aliphatic carbocycles. The molecule has 200 valence electrons. The predicted octanol–water partition coefficient (Wildman–Crippen LogP) is 0.637. The number of thiophene rings is 1. The molecule has 0 radical (unpaired) electrons. The summed E-state index contributed by atoms with van der Waals surface area (Å²) in [5, 5.41) is 5.79. The second kappa shape index (κ2) is 12.2. The second-order valence-electron chi connectivity index (χ2n) is 8.13. The number of β-lactam (4-membered cyclic amide) rings is 1. The summed E-state index contributed by atoms with van der Waals surface area (Å²) in [6.07, 6.45) is -0.289. The Bertz CT molecular complexity index is 1120. The molecule has 3 amide bonds. The Morgan fingerprint density at radius 2 is 1.86 bits per heavy atom. The van der Waals surface area contributed by atoms with Crippen LogP contribution in [0.1, 0.15) is 37.5 Å². The maximum Gasteiger partial charge on any atom is 0.328 e. The first-order valence-corrected chi connectivity index (χ1v) is 13.0. The molecule has 3 heterocycles. The first-order valence-electron chi connectivity index (χ1n) is 11.2. The summed E-state index contributed by atoms with van der Waals surface area (Å²) < 4.78 is 14.5. The summed E-state index contributed by atoms with van der Waals surface area (Å²) in [7, 11) is 2.33. The van der Waals surface area contributed by atoms with Gasteiger partial charge in [0, 0.05) is 30.7 Å². The van der Waals surface area contributed by atoms with Crippen molar-refractivity contribution in [2.24, 2.45) is 0 Å². The Labute approximate surface area is 221 Å². The van der Waals surface area contributed by atoms with E-state index in [9.17, 15) is 28.8 Å². The summed E-state index contributed by atoms with van der Waals surface area (Å²) in [4.78, 5) is 76.6. The van der Waals surface area contributed by atoms with Gasteiger partial charge < -0.3 is 24.8 Å². The maximum absolute atomic E-state index is 13.6. The van der Waals surface area contributed by atoms with E-state index in [2.05, 4.69) is 15.4 Å². The lowest BCUT2D eigenvalue weighted by Crippen LogP contribution is -2.63. The third kappa shape index (κ3) is 6.31. The highest BCUT2D eigenvalue weighted by molar-refractivity contribution is 8.00. The molecule has 1 fully saturated rings. The number of carbonyl (C=O) groups is 6. The molecule has 37 heavy (non-hydrogen) atoms. The van der Waals surface area contributed by atoms with E-state index in [0.29, 0.717) is 0 Å². The normalized spacial score (nSPS) is 21.2. The van der Waals surface area contributed by atoms with Crippen LogP contribution in [-0.4, -0.2) is 78.1 Å². The van der Waals surface area contributed by atoms with E-state index in [0.717, 1.165) is 12.0 Å². The fraction of sp³-hybridized carbons (Fsp3) is 0.478. The summed E-state index contributed by atoms with van der Waals surface area (Å²) >= 11 is 2.64. The van der Waals surface area contributed by atoms with Gasteiger partial charge in [0.05, 0.1) is 14.2 Å². The van der Waals surface area contributed by atoms with Crippen molar-refractivity contribution in [2.75, 3.05) is 20.8 Å². The fourth-order valence-corrected chi connectivity index (χ4v) is 6.48. The number of methoxy groups -OCH3 is 2. The van der Waals surface area contributed by atoms with E-state index >= 15 is 0 Å². The molecule has 0 spiro atoms. The molecular weight excluding hydrogens is 526 g/mol. The van der Waals surface area contributed by atoms with Crippen LogP contribution in [0.5, 0.6) is 0 Å². The largest absolute Gasteiger partial charge is 0.469 e. The molecule has 1 saturated heterocycles. The van der Waals surface area contributed by atoms with E-state index < -0.39 is 52.4 Å². The molecule has 2 N–H and O–H groups in total. The van der Waals surface area contributed by atoms with Gasteiger partial charge in [-0.2, -0.15) is 0 Å². The Morgan fingerprint density at radius 3 is 2.43 bits per heavy atom. The van der Waals surface area contributed by atoms with Crippen molar-refractivity contribution >= 4 is 58.7 Å². The first kappa shape index (κ1) is 28.2. The zero-order valence-corrected chi connectivity index (χ0v) is 22.2. The van der Waals surface area contributed by atoms with Gasteiger partial charge in [-0.05, 0) is 17.9 Å². The molecule has 3 rings (SSSR count). The minimum absolute atomic E-state index is 0.114. The lowest BCUT2D eigenvalue weighted by Gasteiger charge is -2.51. The zero-order valence-electron chi connectivity index (χ0n) is 20.6. The standard InChI is InChI=1S/C23H27N3O9S2/c1-11(27)24-20-13(10-35-12(2)28)18(19(30)25-14(23(32)34-4)7-8-16(29)33-3)26-21(31)17(22(26)37-20)15-6-5-9-36-15/h5-6,9,14,17,20,22H,7-8,10H2,1-4H3,(H,24,27)(H,25,30)/t14?,17-,20?,22-/m1/s1. The molecule has 0 aromatic carbocycles. The van der Waals surface area contributed by atoms with Crippen LogP contribution in [0.3, 0.4) is 0 Å². The van der Waals surface area contributed by atoms with Gasteiger partial charge in [0.1, 0.15) is 35.0 Å². The van der Waals surface area contributed by atoms with E-state index in [1.54, 1.807) is 0 Å². The molecule has 2 unspecified atom stereocenters. The van der Waals surface area contributed by atoms with Gasteiger partial charge >= 0.3 is 17.9 Å². The average molecular weight is 554 g/mol. The van der Waals surface area contributed by atoms with Gasteiger partial charge in [-0.15, -0.1) is 23.1 Å². The number of fused-ring (bicyclic) bond motifs is 1. The minimum Gasteiger partial charge on any atom is -0.469 e. The highest BCUT2D eigenvalue weighted by atomic mass is 32.2. The molecule has 0 bridgehead atoms. The quantitative estimate of drug-likeness (QED) is 0.239. The number of nitrogens with one attached hydrogen (secondary N) is 2. The highest BCUT2D eigenvalue weighted by Crippen LogP contribution is 2.51. The maximum atomic E-state index is 13.6. The lowest BCUT2D eigenvalue weighted by atomic mass is 9.93. The molecule has 1 aromatic heterocycles. The molecule has 1 aromatic rings. The van der Waals surface area contributed by atoms with E-state index in [1.807, 2.05) is 17.5 Å². The fourth-order valence-electron chi connectivity index (χ4n) is 3.94. The van der Waals surface area contributed by atoms with Crippen molar-refractivity contribution in [1.29, 1.82) is 0 Å². The third-order valence-corrected chi connectivity index (χ3v) is 8.06. The highest BCUT2D eigenvalue weighted by Gasteiger charge is 2.56. The Balaban J connectivity index is 2.01. The van der Waals surface area contributed by atoms with Gasteiger partial charge in [0.15, 0.2) is 0 Å². The SMILES string of the molecule is COC(=O)CCC(NC(=O)C1=C(COC(C)=O)C(NC(C)=O)S[C@@H]2[C@H](c3cccs3)C(=O)N12)C(=O)OC. The van der Waals surface area contributed by atoms with Crippen molar-refractivity contribution in [3.8, 4) is 0 Å². The van der Waals surface area contributed by atoms with Crippen LogP contribution in [0.15, 0.2) is 28.8 Å². The smallest absolute Gasteiger partial charge is 0.328 e. The van der Waals surface area contributed by atoms with Crippen LogP contribution < -0.4 is 10.6 Å². The summed E-state index contributed by atoms with van der Waals surface area (Å²) in [5.74, 6) is -4.12. The summed E-state index contributed by atoms with van der Waals surface area (Å²) in [5.41, 5.74) is 0.0484. The van der Waals surface area contributed by atoms with Gasteiger partial charge in [0.2, 0.25) is 11.8 Å². The Morgan fingerprint density at radius 1 is 1.14 bits per heavy atom. The number of hydrogen-bond acceptors (Lipinski definition) is 11. The number of thioether (sulfide) groups is 1. The number of nitrogens with zero attached hydrogens (tertiary/aromatic N) is 1. The van der Waals surface area contributed by atoms with Crippen LogP contribution >= 0.6 is 23.1 Å². The van der Waals surface area contributed by atoms with Gasteiger partial charge in [0.25, 0.3) is 5.91 Å². The monoisotopic (exact) mass is 553 g/mol. The zero-order chi connectivity index (χ0) is 27.3.